The van der Waals surface area contributed by atoms with E-state index in [2.05, 4.69) is 10.3 Å². The first-order valence-electron chi connectivity index (χ1n) is 12.1. The van der Waals surface area contributed by atoms with Gasteiger partial charge in [-0.25, -0.2) is 4.98 Å². The summed E-state index contributed by atoms with van der Waals surface area (Å²) in [5.41, 5.74) is 0.639. The van der Waals surface area contributed by atoms with E-state index in [9.17, 15) is 9.59 Å². The van der Waals surface area contributed by atoms with Crippen LogP contribution in [0.15, 0.2) is 54.0 Å². The van der Waals surface area contributed by atoms with Crippen molar-refractivity contribution in [3.05, 3.63) is 69.5 Å². The number of hydrogen-bond acceptors (Lipinski definition) is 6. The van der Waals surface area contributed by atoms with Gasteiger partial charge >= 0.3 is 0 Å². The number of pyridine rings is 1. The van der Waals surface area contributed by atoms with Crippen LogP contribution in [-0.2, 0) is 0 Å². The molecule has 0 radical (unpaired) electrons. The monoisotopic (exact) mass is 525 g/mol. The number of thiophene rings is 1. The number of rotatable bonds is 7. The van der Waals surface area contributed by atoms with Crippen LogP contribution in [0.4, 0.5) is 0 Å². The molecule has 5 rings (SSSR count). The summed E-state index contributed by atoms with van der Waals surface area (Å²) in [6.07, 6.45) is 4.84. The molecule has 7 nitrogen and oxygen atoms in total. The van der Waals surface area contributed by atoms with Gasteiger partial charge in [-0.15, -0.1) is 11.3 Å². The van der Waals surface area contributed by atoms with Gasteiger partial charge in [-0.05, 0) is 72.4 Å². The van der Waals surface area contributed by atoms with Crippen molar-refractivity contribution >= 4 is 34.8 Å². The Bertz CT molecular complexity index is 1210. The van der Waals surface area contributed by atoms with Crippen molar-refractivity contribution in [2.24, 2.45) is 17.8 Å². The summed E-state index contributed by atoms with van der Waals surface area (Å²) in [7, 11) is 1.58. The van der Waals surface area contributed by atoms with E-state index >= 15 is 0 Å². The van der Waals surface area contributed by atoms with E-state index in [1.165, 1.54) is 17.5 Å². The Hall–Kier alpha value is -3.10. The fourth-order valence-corrected chi connectivity index (χ4v) is 6.22. The minimum atomic E-state index is -0.0917. The molecule has 9 heteroatoms. The van der Waals surface area contributed by atoms with Gasteiger partial charge in [0, 0.05) is 37.5 Å². The average Bonchev–Trinajstić information content (AvgIpc) is 3.56. The second-order valence-corrected chi connectivity index (χ2v) is 10.6. The van der Waals surface area contributed by atoms with E-state index in [4.69, 9.17) is 21.1 Å². The molecule has 3 heterocycles. The Morgan fingerprint density at radius 3 is 2.72 bits per heavy atom. The summed E-state index contributed by atoms with van der Waals surface area (Å²) in [4.78, 5) is 32.6. The second kappa shape index (κ2) is 10.9. The van der Waals surface area contributed by atoms with Crippen LogP contribution in [0.3, 0.4) is 0 Å². The number of ether oxygens (including phenoxy) is 2. The molecular weight excluding hydrogens is 498 g/mol. The molecule has 1 saturated carbocycles. The second-order valence-electron chi connectivity index (χ2n) is 9.29. The summed E-state index contributed by atoms with van der Waals surface area (Å²) in [5, 5.41) is 5.51. The van der Waals surface area contributed by atoms with Crippen molar-refractivity contribution in [1.29, 1.82) is 0 Å². The molecule has 3 aromatic rings. The van der Waals surface area contributed by atoms with Crippen LogP contribution in [0.2, 0.25) is 5.02 Å². The highest BCUT2D eigenvalue weighted by Gasteiger charge is 2.41. The molecule has 1 aliphatic carbocycles. The van der Waals surface area contributed by atoms with Crippen LogP contribution in [-0.4, -0.2) is 48.4 Å². The molecule has 1 N–H and O–H groups in total. The lowest BCUT2D eigenvalue weighted by Crippen LogP contribution is -2.37. The minimum absolute atomic E-state index is 0.0340. The third kappa shape index (κ3) is 5.34. The molecule has 1 saturated heterocycles. The maximum atomic E-state index is 13.3. The van der Waals surface area contributed by atoms with Crippen LogP contribution < -0.4 is 14.8 Å². The maximum Gasteiger partial charge on any atom is 0.265 e. The minimum Gasteiger partial charge on any atom is -0.495 e. The first-order valence-corrected chi connectivity index (χ1v) is 13.4. The SMILES string of the molecule is COc1ccsc1C(=O)NC[C@H]1CCC[C@@H]2CN(C(=O)c3ccc(Oc4ccc(Cl)cn4)cc3)C[C@H]12. The Balaban J connectivity index is 1.18. The van der Waals surface area contributed by atoms with Gasteiger partial charge in [0.2, 0.25) is 5.88 Å². The van der Waals surface area contributed by atoms with Gasteiger partial charge in [-0.3, -0.25) is 9.59 Å². The van der Waals surface area contributed by atoms with Gasteiger partial charge in [0.15, 0.2) is 0 Å². The van der Waals surface area contributed by atoms with E-state index < -0.39 is 0 Å². The molecule has 0 spiro atoms. The lowest BCUT2D eigenvalue weighted by atomic mass is 9.74. The third-order valence-corrected chi connectivity index (χ3v) is 8.26. The van der Waals surface area contributed by atoms with Crippen molar-refractivity contribution in [1.82, 2.24) is 15.2 Å². The molecule has 1 aromatic carbocycles. The van der Waals surface area contributed by atoms with Crippen LogP contribution in [0.1, 0.15) is 39.3 Å². The number of amides is 2. The Kier molecular flexibility index (Phi) is 7.43. The van der Waals surface area contributed by atoms with Gasteiger partial charge in [0.1, 0.15) is 16.4 Å². The number of carbonyl (C=O) groups excluding carboxylic acids is 2. The first-order chi connectivity index (χ1) is 17.5. The molecular formula is C27H28ClN3O4S. The molecule has 36 heavy (non-hydrogen) atoms. The smallest absolute Gasteiger partial charge is 0.265 e. The zero-order chi connectivity index (χ0) is 25.1. The standard InChI is InChI=1S/C27H28ClN3O4S/c1-34-23-11-12-36-25(23)26(32)30-13-18-3-2-4-19-15-31(16-22(18)19)27(33)17-5-8-21(9-6-17)35-24-10-7-20(28)14-29-24/h5-12,14,18-19,22H,2-4,13,15-16H2,1H3,(H,30,32)/t18-,19-,22-/m1/s1. The highest BCUT2D eigenvalue weighted by molar-refractivity contribution is 7.12. The number of benzene rings is 1. The van der Waals surface area contributed by atoms with Gasteiger partial charge in [0.05, 0.1) is 12.1 Å². The topological polar surface area (TPSA) is 80.8 Å². The maximum absolute atomic E-state index is 13.3. The fourth-order valence-electron chi connectivity index (χ4n) is 5.33. The van der Waals surface area contributed by atoms with Crippen molar-refractivity contribution < 1.29 is 19.1 Å². The zero-order valence-electron chi connectivity index (χ0n) is 20.0. The summed E-state index contributed by atoms with van der Waals surface area (Å²) in [5.74, 6) is 2.83. The van der Waals surface area contributed by atoms with Crippen molar-refractivity contribution in [2.75, 3.05) is 26.7 Å². The number of likely N-dealkylation sites (tertiary alicyclic amines) is 1. The molecule has 188 valence electrons. The molecule has 2 fully saturated rings. The molecule has 2 aromatic heterocycles. The van der Waals surface area contributed by atoms with Crippen molar-refractivity contribution in [3.63, 3.8) is 0 Å². The fraction of sp³-hybridized carbons (Fsp3) is 0.370. The lowest BCUT2D eigenvalue weighted by molar-refractivity contribution is 0.0779. The summed E-state index contributed by atoms with van der Waals surface area (Å²) in [6.45, 7) is 2.10. The zero-order valence-corrected chi connectivity index (χ0v) is 21.6. The average molecular weight is 526 g/mol. The van der Waals surface area contributed by atoms with E-state index in [1.54, 1.807) is 43.5 Å². The number of fused-ring (bicyclic) bond motifs is 1. The van der Waals surface area contributed by atoms with E-state index in [0.717, 1.165) is 32.4 Å². The number of aromatic nitrogens is 1. The number of halogens is 1. The third-order valence-electron chi connectivity index (χ3n) is 7.14. The molecule has 3 atom stereocenters. The highest BCUT2D eigenvalue weighted by atomic mass is 35.5. The Morgan fingerprint density at radius 2 is 1.97 bits per heavy atom. The molecule has 0 unspecified atom stereocenters. The molecule has 0 bridgehead atoms. The number of nitrogens with one attached hydrogen (secondary N) is 1. The van der Waals surface area contributed by atoms with Gasteiger partial charge in [0.25, 0.3) is 11.8 Å². The van der Waals surface area contributed by atoms with Crippen LogP contribution in [0.5, 0.6) is 17.4 Å². The Morgan fingerprint density at radius 1 is 1.14 bits per heavy atom. The van der Waals surface area contributed by atoms with Gasteiger partial charge < -0.3 is 19.7 Å². The number of carbonyl (C=O) groups is 2. The highest BCUT2D eigenvalue weighted by Crippen LogP contribution is 2.40. The normalized spacial score (nSPS) is 21.1. The molecule has 1 aliphatic heterocycles. The summed E-state index contributed by atoms with van der Waals surface area (Å²) in [6, 6.07) is 12.4. The van der Waals surface area contributed by atoms with Crippen molar-refractivity contribution in [2.45, 2.75) is 19.3 Å². The van der Waals surface area contributed by atoms with Crippen molar-refractivity contribution in [3.8, 4) is 17.4 Å². The largest absolute Gasteiger partial charge is 0.495 e. The predicted octanol–water partition coefficient (Wildman–Crippen LogP) is 5.52. The van der Waals surface area contributed by atoms with Crippen LogP contribution in [0, 0.1) is 17.8 Å². The Labute approximate surface area is 219 Å². The molecule has 2 amide bonds. The number of methoxy groups -OCH3 is 1. The number of hydrogen-bond donors (Lipinski definition) is 1. The number of nitrogens with zero attached hydrogens (tertiary/aromatic N) is 2. The first kappa shape index (κ1) is 24.6. The lowest BCUT2D eigenvalue weighted by Gasteiger charge is -2.32. The van der Waals surface area contributed by atoms with Gasteiger partial charge in [-0.2, -0.15) is 0 Å². The molecule has 2 aliphatic rings. The summed E-state index contributed by atoms with van der Waals surface area (Å²) < 4.78 is 11.0. The van der Waals surface area contributed by atoms with Crippen LogP contribution in [0.25, 0.3) is 0 Å². The van der Waals surface area contributed by atoms with E-state index in [-0.39, 0.29) is 11.8 Å². The predicted molar refractivity (Wildman–Crippen MR) is 139 cm³/mol. The van der Waals surface area contributed by atoms with E-state index in [0.29, 0.717) is 57.1 Å². The summed E-state index contributed by atoms with van der Waals surface area (Å²) >= 11 is 7.25. The quantitative estimate of drug-likeness (QED) is 0.439. The van der Waals surface area contributed by atoms with E-state index in [1.807, 2.05) is 16.3 Å². The van der Waals surface area contributed by atoms with Gasteiger partial charge in [-0.1, -0.05) is 18.0 Å². The van der Waals surface area contributed by atoms with Crippen LogP contribution >= 0.6 is 22.9 Å².